The lowest BCUT2D eigenvalue weighted by Gasteiger charge is -2.08. The highest BCUT2D eigenvalue weighted by atomic mass is 127. The Morgan fingerprint density at radius 3 is 2.25 bits per heavy atom. The van der Waals surface area contributed by atoms with Gasteiger partial charge in [0, 0.05) is 11.1 Å². The summed E-state index contributed by atoms with van der Waals surface area (Å²) in [6.45, 7) is 3.42. The highest BCUT2D eigenvalue weighted by molar-refractivity contribution is 5.94. The third-order valence-electron chi connectivity index (χ3n) is 3.28. The highest BCUT2D eigenvalue weighted by Gasteiger charge is 2.18. The number of benzene rings is 1. The molecule has 2 rings (SSSR count). The number of carbonyl (C=O) groups is 1. The van der Waals surface area contributed by atoms with Crippen molar-refractivity contribution < 1.29 is 33.3 Å². The summed E-state index contributed by atoms with van der Waals surface area (Å²) in [5.74, 6) is 0.431. The smallest absolute Gasteiger partial charge is 0.389 e. The van der Waals surface area contributed by atoms with Crippen LogP contribution in [0, 0.1) is 6.92 Å². The van der Waals surface area contributed by atoms with Gasteiger partial charge in [0.15, 0.2) is 11.5 Å². The number of aromatic nitrogens is 2. The molecule has 20 heavy (non-hydrogen) atoms. The van der Waals surface area contributed by atoms with Crippen molar-refractivity contribution in [3.05, 3.63) is 35.5 Å². The summed E-state index contributed by atoms with van der Waals surface area (Å²) in [5, 5.41) is 0. The molecule has 6 heteroatoms. The van der Waals surface area contributed by atoms with E-state index in [0.717, 1.165) is 11.3 Å². The van der Waals surface area contributed by atoms with Crippen molar-refractivity contribution in [3.8, 4) is 11.3 Å². The number of carbonyl (C=O) groups excluding carboxylic acids is 1. The summed E-state index contributed by atoms with van der Waals surface area (Å²) in [6, 6.07) is 7.18. The van der Waals surface area contributed by atoms with E-state index in [4.69, 9.17) is 11.5 Å². The second-order valence-electron chi connectivity index (χ2n) is 4.51. The number of rotatable bonds is 2. The summed E-state index contributed by atoms with van der Waals surface area (Å²) < 4.78 is 1.74. The molecule has 0 aliphatic rings. The average molecular weight is 384 g/mol. The van der Waals surface area contributed by atoms with Gasteiger partial charge in [-0.1, -0.05) is 29.2 Å². The van der Waals surface area contributed by atoms with Crippen LogP contribution in [0.25, 0.3) is 11.3 Å². The minimum Gasteiger partial charge on any atom is -1.00 e. The number of Topliss-reactive ketones (excluding diaryl/α,β-unsaturated/α-hetero) is 1. The van der Waals surface area contributed by atoms with E-state index in [1.807, 2.05) is 26.1 Å². The predicted octanol–water partition coefficient (Wildman–Crippen LogP) is -1.75. The Morgan fingerprint density at radius 1 is 1.20 bits per heavy atom. The molecular weight excluding hydrogens is 367 g/mol. The molecule has 106 valence electrons. The number of nitrogens with zero attached hydrogens (tertiary/aromatic N) is 2. The van der Waals surface area contributed by atoms with Crippen LogP contribution in [0.4, 0.5) is 11.6 Å². The van der Waals surface area contributed by atoms with E-state index in [-0.39, 0.29) is 29.8 Å². The van der Waals surface area contributed by atoms with Crippen LogP contribution in [0.15, 0.2) is 24.3 Å². The molecule has 0 fully saturated rings. The molecule has 4 N–H and O–H groups in total. The molecule has 0 saturated heterocycles. The summed E-state index contributed by atoms with van der Waals surface area (Å²) in [4.78, 5) is 15.6. The fraction of sp³-hybridized carbons (Fsp3) is 0.214. The van der Waals surface area contributed by atoms with Gasteiger partial charge in [0.05, 0.1) is 7.05 Å². The lowest BCUT2D eigenvalue weighted by molar-refractivity contribution is -0.664. The van der Waals surface area contributed by atoms with E-state index in [1.165, 1.54) is 6.92 Å². The summed E-state index contributed by atoms with van der Waals surface area (Å²) in [5.41, 5.74) is 15.5. The van der Waals surface area contributed by atoms with Crippen LogP contribution in [-0.2, 0) is 7.05 Å². The molecule has 5 nitrogen and oxygen atoms in total. The number of hydrogen-bond acceptors (Lipinski definition) is 4. The minimum absolute atomic E-state index is 0. The first-order valence-electron chi connectivity index (χ1n) is 5.94. The van der Waals surface area contributed by atoms with Crippen LogP contribution in [-0.4, -0.2) is 10.8 Å². The van der Waals surface area contributed by atoms with Crippen molar-refractivity contribution >= 4 is 17.4 Å². The van der Waals surface area contributed by atoms with Crippen molar-refractivity contribution in [1.29, 1.82) is 0 Å². The molecule has 1 aromatic heterocycles. The zero-order valence-corrected chi connectivity index (χ0v) is 13.8. The average Bonchev–Trinajstić information content (AvgIpc) is 2.40. The van der Waals surface area contributed by atoms with E-state index in [1.54, 1.807) is 16.7 Å². The van der Waals surface area contributed by atoms with Gasteiger partial charge in [-0.3, -0.25) is 10.5 Å². The molecule has 0 unspecified atom stereocenters. The fourth-order valence-electron chi connectivity index (χ4n) is 1.86. The van der Waals surface area contributed by atoms with E-state index in [0.29, 0.717) is 22.9 Å². The van der Waals surface area contributed by atoms with Gasteiger partial charge in [-0.05, 0) is 13.8 Å². The van der Waals surface area contributed by atoms with Crippen LogP contribution >= 0.6 is 0 Å². The van der Waals surface area contributed by atoms with E-state index in [2.05, 4.69) is 4.98 Å². The van der Waals surface area contributed by atoms with E-state index >= 15 is 0 Å². The van der Waals surface area contributed by atoms with Crippen LogP contribution in [0.2, 0.25) is 0 Å². The molecular formula is C14H17IN4O. The lowest BCUT2D eigenvalue weighted by Crippen LogP contribution is -3.00. The molecule has 0 radical (unpaired) electrons. The normalized spacial score (nSPS) is 9.95. The van der Waals surface area contributed by atoms with Crippen LogP contribution in [0.5, 0.6) is 0 Å². The zero-order valence-electron chi connectivity index (χ0n) is 11.6. The van der Waals surface area contributed by atoms with Gasteiger partial charge in [-0.25, -0.2) is 4.57 Å². The van der Waals surface area contributed by atoms with Gasteiger partial charge in [0.25, 0.3) is 0 Å². The Bertz CT molecular complexity index is 653. The Morgan fingerprint density at radius 2 is 1.75 bits per heavy atom. The first kappa shape index (κ1) is 16.4. The quantitative estimate of drug-likeness (QED) is 0.366. The van der Waals surface area contributed by atoms with Gasteiger partial charge >= 0.3 is 5.95 Å². The number of ketones is 1. The largest absolute Gasteiger partial charge is 1.00 e. The van der Waals surface area contributed by atoms with E-state index < -0.39 is 0 Å². The summed E-state index contributed by atoms with van der Waals surface area (Å²) in [6.07, 6.45) is 0. The Balaban J connectivity index is 0.00000200. The zero-order chi connectivity index (χ0) is 14.2. The van der Waals surface area contributed by atoms with Gasteiger partial charge in [0.1, 0.15) is 11.4 Å². The first-order chi connectivity index (χ1) is 8.91. The monoisotopic (exact) mass is 384 g/mol. The number of anilines is 2. The molecule has 0 spiro atoms. The van der Waals surface area contributed by atoms with Gasteiger partial charge in [-0.15, -0.1) is 0 Å². The second-order valence-corrected chi connectivity index (χ2v) is 4.51. The van der Waals surface area contributed by atoms with Crippen LogP contribution in [0.1, 0.15) is 23.0 Å². The topological polar surface area (TPSA) is 85.9 Å². The Labute approximate surface area is 135 Å². The number of nitrogens with two attached hydrogens (primary N) is 2. The van der Waals surface area contributed by atoms with Crippen molar-refractivity contribution in [2.75, 3.05) is 11.5 Å². The third-order valence-corrected chi connectivity index (χ3v) is 3.28. The molecule has 0 bridgehead atoms. The molecule has 0 aliphatic heterocycles. The SMILES string of the molecule is CC(=O)c1ccc(-c2nc(N)[n+](C)c(C)c2N)cc1.[I-]. The van der Waals surface area contributed by atoms with Crippen molar-refractivity contribution in [2.45, 2.75) is 13.8 Å². The molecule has 0 amide bonds. The lowest BCUT2D eigenvalue weighted by atomic mass is 10.1. The van der Waals surface area contributed by atoms with Crippen LogP contribution in [0.3, 0.4) is 0 Å². The summed E-state index contributed by atoms with van der Waals surface area (Å²) in [7, 11) is 1.82. The van der Waals surface area contributed by atoms with Crippen LogP contribution < -0.4 is 40.0 Å². The first-order valence-corrected chi connectivity index (χ1v) is 5.94. The Hall–Kier alpha value is -1.70. The van der Waals surface area contributed by atoms with Gasteiger partial charge in [0.2, 0.25) is 0 Å². The minimum atomic E-state index is 0. The molecule has 0 atom stereocenters. The van der Waals surface area contributed by atoms with Crippen molar-refractivity contribution in [1.82, 2.24) is 4.98 Å². The molecule has 0 saturated carbocycles. The number of halogens is 1. The number of nitrogen functional groups attached to an aromatic ring is 2. The second kappa shape index (κ2) is 6.17. The van der Waals surface area contributed by atoms with Crippen molar-refractivity contribution in [2.24, 2.45) is 7.05 Å². The predicted molar refractivity (Wildman–Crippen MR) is 74.4 cm³/mol. The number of hydrogen-bond donors (Lipinski definition) is 2. The molecule has 0 aliphatic carbocycles. The van der Waals surface area contributed by atoms with Crippen molar-refractivity contribution in [3.63, 3.8) is 0 Å². The van der Waals surface area contributed by atoms with Gasteiger partial charge in [-0.2, -0.15) is 0 Å². The molecule has 2 aromatic rings. The third kappa shape index (κ3) is 2.90. The standard InChI is InChI=1S/C14H16N4O.HI/c1-8-12(15)13(17-14(16)18(8)3)11-6-4-10(5-7-11)9(2)19;/h4-7,16H,15H2,1-3H3;1H. The highest BCUT2D eigenvalue weighted by Crippen LogP contribution is 2.25. The maximum atomic E-state index is 11.2. The van der Waals surface area contributed by atoms with E-state index in [9.17, 15) is 4.79 Å². The maximum absolute atomic E-state index is 11.2. The Kier molecular flexibility index (Phi) is 5.04. The molecule has 1 heterocycles. The molecule has 1 aromatic carbocycles. The summed E-state index contributed by atoms with van der Waals surface area (Å²) >= 11 is 0. The van der Waals surface area contributed by atoms with Gasteiger partial charge < -0.3 is 29.7 Å². The fourth-order valence-corrected chi connectivity index (χ4v) is 1.86. The maximum Gasteiger partial charge on any atom is 0.389 e.